The largest absolute Gasteiger partial charge is 0.375 e. The van der Waals surface area contributed by atoms with Crippen molar-refractivity contribution >= 4 is 18.4 Å². The molecule has 18 heavy (non-hydrogen) atoms. The molecule has 1 aromatic carbocycles. The third-order valence-corrected chi connectivity index (χ3v) is 3.75. The Morgan fingerprint density at radius 2 is 2.06 bits per heavy atom. The summed E-state index contributed by atoms with van der Waals surface area (Å²) in [4.78, 5) is 13.4. The van der Waals surface area contributed by atoms with Crippen molar-refractivity contribution in [3.05, 3.63) is 29.8 Å². The Labute approximate surface area is 113 Å². The van der Waals surface area contributed by atoms with E-state index in [0.29, 0.717) is 12.2 Å². The zero-order chi connectivity index (χ0) is 13.2. The number of rotatable bonds is 3. The van der Waals surface area contributed by atoms with Crippen LogP contribution < -0.4 is 5.32 Å². The molecule has 1 aliphatic rings. The lowest BCUT2D eigenvalue weighted by Gasteiger charge is -2.36. The van der Waals surface area contributed by atoms with Crippen molar-refractivity contribution in [1.29, 1.82) is 0 Å². The number of morpholine rings is 1. The summed E-state index contributed by atoms with van der Waals surface area (Å²) in [6.07, 6.45) is -0.0746. The molecule has 98 valence electrons. The Kier molecular flexibility index (Phi) is 4.10. The predicted octanol–water partition coefficient (Wildman–Crippen LogP) is 2.17. The van der Waals surface area contributed by atoms with E-state index in [1.807, 2.05) is 38.1 Å². The zero-order valence-corrected chi connectivity index (χ0v) is 11.7. The first-order valence-electron chi connectivity index (χ1n) is 6.18. The molecule has 0 radical (unpaired) electrons. The fourth-order valence-electron chi connectivity index (χ4n) is 2.16. The summed E-state index contributed by atoms with van der Waals surface area (Å²) < 4.78 is 5.71. The van der Waals surface area contributed by atoms with Crippen LogP contribution in [0.4, 0.5) is 0 Å². The molecule has 0 saturated carbocycles. The van der Waals surface area contributed by atoms with Crippen LogP contribution >= 0.6 is 12.6 Å². The lowest BCUT2D eigenvalue weighted by Crippen LogP contribution is -2.49. The molecule has 4 heteroatoms. The number of benzene rings is 1. The van der Waals surface area contributed by atoms with Gasteiger partial charge in [-0.1, -0.05) is 12.1 Å². The fourth-order valence-corrected chi connectivity index (χ4v) is 2.31. The standard InChI is InChI=1S/C14H19NO2S/c1-14(2,12-9-15-7-8-17-12)13(16)10-3-5-11(18)6-4-10/h3-6,12,15,18H,7-9H2,1-2H3. The molecule has 1 aliphatic heterocycles. The van der Waals surface area contributed by atoms with Gasteiger partial charge in [-0.05, 0) is 26.0 Å². The summed E-state index contributed by atoms with van der Waals surface area (Å²) in [7, 11) is 0. The number of carbonyl (C=O) groups excluding carboxylic acids is 1. The highest BCUT2D eigenvalue weighted by Crippen LogP contribution is 2.29. The Morgan fingerprint density at radius 3 is 2.61 bits per heavy atom. The van der Waals surface area contributed by atoms with Gasteiger partial charge in [0.15, 0.2) is 5.78 Å². The van der Waals surface area contributed by atoms with Crippen molar-refractivity contribution in [1.82, 2.24) is 5.32 Å². The monoisotopic (exact) mass is 265 g/mol. The van der Waals surface area contributed by atoms with Crippen molar-refractivity contribution in [2.75, 3.05) is 19.7 Å². The lowest BCUT2D eigenvalue weighted by molar-refractivity contribution is -0.0324. The molecule has 1 fully saturated rings. The first-order valence-corrected chi connectivity index (χ1v) is 6.62. The van der Waals surface area contributed by atoms with E-state index in [-0.39, 0.29) is 11.9 Å². The van der Waals surface area contributed by atoms with Crippen LogP contribution in [-0.2, 0) is 4.74 Å². The third-order valence-electron chi connectivity index (χ3n) is 3.45. The maximum Gasteiger partial charge on any atom is 0.171 e. The van der Waals surface area contributed by atoms with Crippen LogP contribution in [-0.4, -0.2) is 31.6 Å². The van der Waals surface area contributed by atoms with Crippen molar-refractivity contribution in [3.8, 4) is 0 Å². The second kappa shape index (κ2) is 5.43. The number of hydrogen-bond donors (Lipinski definition) is 2. The van der Waals surface area contributed by atoms with E-state index in [4.69, 9.17) is 4.74 Å². The summed E-state index contributed by atoms with van der Waals surface area (Å²) in [5.74, 6) is 0.115. The van der Waals surface area contributed by atoms with Gasteiger partial charge in [0.2, 0.25) is 0 Å². The van der Waals surface area contributed by atoms with Gasteiger partial charge in [0.25, 0.3) is 0 Å². The minimum Gasteiger partial charge on any atom is -0.375 e. The second-order valence-corrected chi connectivity index (χ2v) is 5.68. The van der Waals surface area contributed by atoms with Crippen LogP contribution in [0.5, 0.6) is 0 Å². The number of thiol groups is 1. The number of carbonyl (C=O) groups is 1. The highest BCUT2D eigenvalue weighted by Gasteiger charge is 2.38. The minimum atomic E-state index is -0.522. The average Bonchev–Trinajstić information content (AvgIpc) is 2.40. The van der Waals surface area contributed by atoms with Gasteiger partial charge in [-0.3, -0.25) is 4.79 Å². The molecule has 1 N–H and O–H groups in total. The van der Waals surface area contributed by atoms with E-state index in [2.05, 4.69) is 17.9 Å². The van der Waals surface area contributed by atoms with E-state index >= 15 is 0 Å². The normalized spacial score (nSPS) is 20.7. The molecular weight excluding hydrogens is 246 g/mol. The molecule has 0 aromatic heterocycles. The summed E-state index contributed by atoms with van der Waals surface area (Å²) in [6, 6.07) is 7.32. The highest BCUT2D eigenvalue weighted by atomic mass is 32.1. The first-order chi connectivity index (χ1) is 8.51. The van der Waals surface area contributed by atoms with E-state index < -0.39 is 5.41 Å². The predicted molar refractivity (Wildman–Crippen MR) is 74.4 cm³/mol. The second-order valence-electron chi connectivity index (χ2n) is 5.16. The Balaban J connectivity index is 2.17. The molecule has 1 atom stereocenters. The van der Waals surface area contributed by atoms with Crippen molar-refractivity contribution in [2.24, 2.45) is 5.41 Å². The van der Waals surface area contributed by atoms with Crippen LogP contribution in [0, 0.1) is 5.41 Å². The topological polar surface area (TPSA) is 38.3 Å². The van der Waals surface area contributed by atoms with Gasteiger partial charge in [-0.2, -0.15) is 0 Å². The molecule has 2 rings (SSSR count). The van der Waals surface area contributed by atoms with E-state index in [1.165, 1.54) is 0 Å². The number of ether oxygens (including phenoxy) is 1. The smallest absolute Gasteiger partial charge is 0.171 e. The highest BCUT2D eigenvalue weighted by molar-refractivity contribution is 7.80. The molecular formula is C14H19NO2S. The van der Waals surface area contributed by atoms with E-state index in [0.717, 1.165) is 18.0 Å². The minimum absolute atomic E-state index is 0.0746. The van der Waals surface area contributed by atoms with Crippen LogP contribution in [0.1, 0.15) is 24.2 Å². The van der Waals surface area contributed by atoms with Crippen molar-refractivity contribution in [3.63, 3.8) is 0 Å². The molecule has 1 heterocycles. The lowest BCUT2D eigenvalue weighted by atomic mass is 9.78. The van der Waals surface area contributed by atoms with Gasteiger partial charge >= 0.3 is 0 Å². The first kappa shape index (κ1) is 13.6. The summed E-state index contributed by atoms with van der Waals surface area (Å²) in [5.41, 5.74) is 0.193. The summed E-state index contributed by atoms with van der Waals surface area (Å²) >= 11 is 4.23. The van der Waals surface area contributed by atoms with Crippen molar-refractivity contribution < 1.29 is 9.53 Å². The molecule has 0 spiro atoms. The van der Waals surface area contributed by atoms with E-state index in [9.17, 15) is 4.79 Å². The number of hydrogen-bond acceptors (Lipinski definition) is 4. The molecule has 0 bridgehead atoms. The van der Waals surface area contributed by atoms with Crippen LogP contribution in [0.25, 0.3) is 0 Å². The van der Waals surface area contributed by atoms with E-state index in [1.54, 1.807) is 0 Å². The molecule has 0 amide bonds. The fraction of sp³-hybridized carbons (Fsp3) is 0.500. The number of Topliss-reactive ketones (excluding diaryl/α,β-unsaturated/α-hetero) is 1. The summed E-state index contributed by atoms with van der Waals surface area (Å²) in [5, 5.41) is 3.27. The quantitative estimate of drug-likeness (QED) is 0.650. The molecule has 1 unspecified atom stereocenters. The van der Waals surface area contributed by atoms with Crippen LogP contribution in [0.15, 0.2) is 29.2 Å². The molecule has 0 aliphatic carbocycles. The number of nitrogens with one attached hydrogen (secondary N) is 1. The molecule has 1 aromatic rings. The maximum atomic E-state index is 12.5. The van der Waals surface area contributed by atoms with Gasteiger partial charge in [-0.15, -0.1) is 12.6 Å². The van der Waals surface area contributed by atoms with Gasteiger partial charge < -0.3 is 10.1 Å². The van der Waals surface area contributed by atoms with Gasteiger partial charge in [0.05, 0.1) is 18.1 Å². The van der Waals surface area contributed by atoms with Crippen LogP contribution in [0.3, 0.4) is 0 Å². The summed E-state index contributed by atoms with van der Waals surface area (Å²) in [6.45, 7) is 6.14. The van der Waals surface area contributed by atoms with Crippen LogP contribution in [0.2, 0.25) is 0 Å². The third kappa shape index (κ3) is 2.76. The Bertz CT molecular complexity index is 422. The van der Waals surface area contributed by atoms with Crippen molar-refractivity contribution in [2.45, 2.75) is 24.8 Å². The SMILES string of the molecule is CC(C)(C(=O)c1ccc(S)cc1)C1CNCCO1. The molecule has 1 saturated heterocycles. The van der Waals surface area contributed by atoms with Gasteiger partial charge in [0.1, 0.15) is 0 Å². The Hall–Kier alpha value is -0.840. The zero-order valence-electron chi connectivity index (χ0n) is 10.8. The van der Waals surface area contributed by atoms with Gasteiger partial charge in [-0.25, -0.2) is 0 Å². The molecule has 3 nitrogen and oxygen atoms in total. The maximum absolute atomic E-state index is 12.5. The number of ketones is 1. The Morgan fingerprint density at radius 1 is 1.39 bits per heavy atom. The average molecular weight is 265 g/mol. The van der Waals surface area contributed by atoms with Gasteiger partial charge in [0, 0.05) is 23.5 Å².